The van der Waals surface area contributed by atoms with Crippen molar-refractivity contribution in [1.29, 1.82) is 0 Å². The number of anilines is 1. The first-order valence-electron chi connectivity index (χ1n) is 7.71. The van der Waals surface area contributed by atoms with Crippen molar-refractivity contribution in [2.75, 3.05) is 5.43 Å². The molecule has 5 nitrogen and oxygen atoms in total. The maximum Gasteiger partial charge on any atom is 0.265 e. The number of amides is 1. The van der Waals surface area contributed by atoms with Gasteiger partial charge < -0.3 is 5.73 Å². The molecule has 1 aromatic heterocycles. The van der Waals surface area contributed by atoms with Crippen molar-refractivity contribution < 1.29 is 4.79 Å². The topological polar surface area (TPSA) is 80.4 Å². The summed E-state index contributed by atoms with van der Waals surface area (Å²) >= 11 is 1.40. The smallest absolute Gasteiger partial charge is 0.265 e. The lowest BCUT2D eigenvalue weighted by molar-refractivity contribution is -0.112. The van der Waals surface area contributed by atoms with Gasteiger partial charge in [0.1, 0.15) is 5.71 Å². The molecular weight excluding hydrogens is 332 g/mol. The predicted octanol–water partition coefficient (Wildman–Crippen LogP) is 3.78. The molecule has 0 aliphatic heterocycles. The standard InChI is InChI=1S/C19H20N4OS/c1-3-8-15(9-4-2)17-13-25-19(21-17)23-22-16(18(20)24)12-14-10-6-5-7-11-14/h3-11,13H,1,12H2,2H3,(H2,20,24)(H,21,23)/b9-4-,15-8+,22-16+. The number of thiazole rings is 1. The minimum Gasteiger partial charge on any atom is -0.364 e. The fourth-order valence-corrected chi connectivity index (χ4v) is 2.74. The summed E-state index contributed by atoms with van der Waals surface area (Å²) in [5.41, 5.74) is 11.2. The van der Waals surface area contributed by atoms with Crippen molar-refractivity contribution >= 4 is 33.7 Å². The second kappa shape index (κ2) is 9.34. The number of nitrogens with one attached hydrogen (secondary N) is 1. The Bertz CT molecular complexity index is 819. The number of nitrogens with zero attached hydrogens (tertiary/aromatic N) is 2. The van der Waals surface area contributed by atoms with Gasteiger partial charge in [0.25, 0.3) is 5.91 Å². The number of benzene rings is 1. The van der Waals surface area contributed by atoms with E-state index in [2.05, 4.69) is 22.1 Å². The second-order valence-corrected chi connectivity index (χ2v) is 5.95. The molecule has 25 heavy (non-hydrogen) atoms. The first kappa shape index (κ1) is 18.4. The average molecular weight is 352 g/mol. The molecule has 0 atom stereocenters. The third-order valence-corrected chi connectivity index (χ3v) is 3.98. The predicted molar refractivity (Wildman–Crippen MR) is 106 cm³/mol. The summed E-state index contributed by atoms with van der Waals surface area (Å²) in [6.45, 7) is 5.65. The van der Waals surface area contributed by atoms with Gasteiger partial charge in [-0.1, -0.05) is 61.2 Å². The van der Waals surface area contributed by atoms with E-state index < -0.39 is 5.91 Å². The molecule has 0 bridgehead atoms. The van der Waals surface area contributed by atoms with Crippen molar-refractivity contribution in [1.82, 2.24) is 4.98 Å². The normalized spacial score (nSPS) is 12.4. The molecule has 3 N–H and O–H groups in total. The summed E-state index contributed by atoms with van der Waals surface area (Å²) < 4.78 is 0. The molecule has 1 amide bonds. The lowest BCUT2D eigenvalue weighted by Crippen LogP contribution is -2.26. The first-order valence-corrected chi connectivity index (χ1v) is 8.59. The molecule has 0 saturated carbocycles. The maximum absolute atomic E-state index is 11.6. The number of hydrazone groups is 1. The molecule has 0 spiro atoms. The summed E-state index contributed by atoms with van der Waals surface area (Å²) in [4.78, 5) is 16.1. The van der Waals surface area contributed by atoms with Gasteiger partial charge in [-0.15, -0.1) is 11.3 Å². The minimum absolute atomic E-state index is 0.248. The Kier molecular flexibility index (Phi) is 6.86. The van der Waals surface area contributed by atoms with E-state index in [0.717, 1.165) is 16.8 Å². The highest BCUT2D eigenvalue weighted by atomic mass is 32.1. The molecule has 1 aromatic carbocycles. The summed E-state index contributed by atoms with van der Waals surface area (Å²) in [6, 6.07) is 9.57. The highest BCUT2D eigenvalue weighted by Gasteiger charge is 2.10. The van der Waals surface area contributed by atoms with E-state index in [1.54, 1.807) is 6.08 Å². The molecule has 1 heterocycles. The minimum atomic E-state index is -0.561. The third kappa shape index (κ3) is 5.54. The summed E-state index contributed by atoms with van der Waals surface area (Å²) in [5.74, 6) is -0.561. The highest BCUT2D eigenvalue weighted by Crippen LogP contribution is 2.22. The van der Waals surface area contributed by atoms with E-state index in [0.29, 0.717) is 11.6 Å². The van der Waals surface area contributed by atoms with Crippen LogP contribution < -0.4 is 11.2 Å². The van der Waals surface area contributed by atoms with Gasteiger partial charge in [-0.2, -0.15) is 5.10 Å². The van der Waals surface area contributed by atoms with Crippen LogP contribution in [-0.4, -0.2) is 16.6 Å². The van der Waals surface area contributed by atoms with Crippen LogP contribution in [0.1, 0.15) is 18.2 Å². The van der Waals surface area contributed by atoms with E-state index in [9.17, 15) is 4.79 Å². The van der Waals surface area contributed by atoms with Crippen molar-refractivity contribution in [3.63, 3.8) is 0 Å². The molecule has 0 radical (unpaired) electrons. The van der Waals surface area contributed by atoms with Crippen molar-refractivity contribution in [3.8, 4) is 0 Å². The average Bonchev–Trinajstić information content (AvgIpc) is 3.08. The largest absolute Gasteiger partial charge is 0.364 e. The Hall–Kier alpha value is -2.99. The Balaban J connectivity index is 2.14. The molecule has 2 rings (SSSR count). The molecule has 6 heteroatoms. The number of aromatic nitrogens is 1. The van der Waals surface area contributed by atoms with E-state index >= 15 is 0 Å². The lowest BCUT2D eigenvalue weighted by atomic mass is 10.1. The van der Waals surface area contributed by atoms with E-state index in [1.165, 1.54) is 11.3 Å². The SMILES string of the molecule is C=C/C=C(\C=C/C)c1csc(N/N=C(\Cc2ccccc2)C(N)=O)n1. The van der Waals surface area contributed by atoms with Crippen LogP contribution in [0.2, 0.25) is 0 Å². The molecule has 2 aromatic rings. The molecular formula is C19H20N4OS. The van der Waals surface area contributed by atoms with Crippen LogP contribution in [0.25, 0.3) is 5.57 Å². The molecule has 128 valence electrons. The van der Waals surface area contributed by atoms with Crippen LogP contribution in [-0.2, 0) is 11.2 Å². The van der Waals surface area contributed by atoms with Gasteiger partial charge in [0, 0.05) is 17.4 Å². The number of primary amides is 1. The van der Waals surface area contributed by atoms with Crippen LogP contribution in [0.4, 0.5) is 5.13 Å². The quantitative estimate of drug-likeness (QED) is 0.431. The van der Waals surface area contributed by atoms with Gasteiger partial charge >= 0.3 is 0 Å². The van der Waals surface area contributed by atoms with Crippen molar-refractivity contribution in [2.45, 2.75) is 13.3 Å². The van der Waals surface area contributed by atoms with Crippen molar-refractivity contribution in [2.24, 2.45) is 10.8 Å². The first-order chi connectivity index (χ1) is 12.1. The molecule has 0 aliphatic carbocycles. The van der Waals surface area contributed by atoms with E-state index in [4.69, 9.17) is 5.73 Å². The second-order valence-electron chi connectivity index (χ2n) is 5.09. The van der Waals surface area contributed by atoms with Crippen LogP contribution >= 0.6 is 11.3 Å². The maximum atomic E-state index is 11.6. The monoisotopic (exact) mass is 352 g/mol. The fourth-order valence-electron chi connectivity index (χ4n) is 2.08. The number of allylic oxidation sites excluding steroid dienone is 5. The summed E-state index contributed by atoms with van der Waals surface area (Å²) in [6.07, 6.45) is 7.85. The van der Waals surface area contributed by atoms with E-state index in [-0.39, 0.29) is 5.71 Å². The molecule has 0 aliphatic rings. The van der Waals surface area contributed by atoms with E-state index in [1.807, 2.05) is 60.9 Å². The number of carbonyl (C=O) groups excluding carboxylic acids is 1. The third-order valence-electron chi connectivity index (χ3n) is 3.23. The van der Waals surface area contributed by atoms with Crippen LogP contribution in [0.5, 0.6) is 0 Å². The Morgan fingerprint density at radius 1 is 1.40 bits per heavy atom. The van der Waals surface area contributed by atoms with Crippen LogP contribution in [0, 0.1) is 0 Å². The Morgan fingerprint density at radius 3 is 2.80 bits per heavy atom. The van der Waals surface area contributed by atoms with Gasteiger partial charge in [-0.3, -0.25) is 10.2 Å². The van der Waals surface area contributed by atoms with Gasteiger partial charge in [0.05, 0.1) is 5.69 Å². The molecule has 0 unspecified atom stereocenters. The number of nitrogens with two attached hydrogens (primary N) is 1. The number of rotatable bonds is 8. The molecule has 0 fully saturated rings. The highest BCUT2D eigenvalue weighted by molar-refractivity contribution is 7.13. The number of carbonyl (C=O) groups is 1. The van der Waals surface area contributed by atoms with Crippen molar-refractivity contribution in [3.05, 3.63) is 77.9 Å². The van der Waals surface area contributed by atoms with Gasteiger partial charge in [-0.05, 0) is 12.5 Å². The van der Waals surface area contributed by atoms with Crippen LogP contribution in [0.15, 0.2) is 71.7 Å². The van der Waals surface area contributed by atoms with Crippen LogP contribution in [0.3, 0.4) is 0 Å². The fraction of sp³-hybridized carbons (Fsp3) is 0.105. The molecule has 0 saturated heterocycles. The summed E-state index contributed by atoms with van der Waals surface area (Å²) in [7, 11) is 0. The zero-order valence-corrected chi connectivity index (χ0v) is 14.8. The zero-order chi connectivity index (χ0) is 18.1. The summed E-state index contributed by atoms with van der Waals surface area (Å²) in [5, 5.41) is 6.63. The lowest BCUT2D eigenvalue weighted by Gasteiger charge is -2.03. The number of hydrogen-bond donors (Lipinski definition) is 2. The van der Waals surface area contributed by atoms with Gasteiger partial charge in [0.15, 0.2) is 0 Å². The zero-order valence-electron chi connectivity index (χ0n) is 14.0. The Morgan fingerprint density at radius 2 is 2.16 bits per heavy atom. The van der Waals surface area contributed by atoms with Gasteiger partial charge in [-0.25, -0.2) is 4.98 Å². The van der Waals surface area contributed by atoms with Gasteiger partial charge in [0.2, 0.25) is 5.13 Å². The Labute approximate surface area is 151 Å². The number of hydrogen-bond acceptors (Lipinski definition) is 5.